The Hall–Kier alpha value is -4.02. The molecule has 2 amide bonds. The number of ether oxygens (including phenoxy) is 1. The van der Waals surface area contributed by atoms with Crippen molar-refractivity contribution in [2.45, 2.75) is 19.4 Å². The summed E-state index contributed by atoms with van der Waals surface area (Å²) in [7, 11) is 0. The quantitative estimate of drug-likeness (QED) is 0.550. The molecule has 0 bridgehead atoms. The number of anilines is 2. The van der Waals surface area contributed by atoms with Gasteiger partial charge in [-0.05, 0) is 46.7 Å². The van der Waals surface area contributed by atoms with E-state index in [1.165, 1.54) is 30.3 Å². The fraction of sp³-hybridized carbons (Fsp3) is 0.222. The topological polar surface area (TPSA) is 152 Å². The molecule has 2 heterocycles. The van der Waals surface area contributed by atoms with Gasteiger partial charge in [0, 0.05) is 11.8 Å². The Labute approximate surface area is 164 Å². The summed E-state index contributed by atoms with van der Waals surface area (Å²) < 4.78 is 5.53. The molecule has 0 radical (unpaired) electrons. The van der Waals surface area contributed by atoms with Gasteiger partial charge in [0.1, 0.15) is 6.54 Å². The van der Waals surface area contributed by atoms with Crippen LogP contribution >= 0.6 is 0 Å². The highest BCUT2D eigenvalue weighted by Gasteiger charge is 2.39. The largest absolute Gasteiger partial charge is 0.478 e. The van der Waals surface area contributed by atoms with Crippen LogP contribution in [0.5, 0.6) is 5.75 Å². The van der Waals surface area contributed by atoms with Gasteiger partial charge in [-0.1, -0.05) is 6.92 Å². The maximum atomic E-state index is 12.7. The van der Waals surface area contributed by atoms with Gasteiger partial charge in [0.15, 0.2) is 11.9 Å². The average molecular weight is 400 g/mol. The number of fused-ring (bicyclic) bond motifs is 1. The maximum Gasteiger partial charge on any atom is 0.366 e. The number of aromatic nitrogens is 1. The number of carboxylic acids is 1. The number of benzene rings is 1. The number of pyridine rings is 1. The maximum absolute atomic E-state index is 12.7. The molecule has 1 aromatic heterocycles. The van der Waals surface area contributed by atoms with Crippen molar-refractivity contribution in [3.63, 3.8) is 0 Å². The minimum absolute atomic E-state index is 0.0579. The smallest absolute Gasteiger partial charge is 0.366 e. The molecule has 0 aliphatic carbocycles. The molecule has 29 heavy (non-hydrogen) atoms. The van der Waals surface area contributed by atoms with Crippen LogP contribution in [-0.2, 0) is 9.59 Å². The summed E-state index contributed by atoms with van der Waals surface area (Å²) in [6.07, 6.45) is -0.502. The number of carbonyl (C=O) groups is 3. The van der Waals surface area contributed by atoms with Crippen LogP contribution in [0.3, 0.4) is 0 Å². The van der Waals surface area contributed by atoms with Gasteiger partial charge in [-0.2, -0.15) is 0 Å². The summed E-state index contributed by atoms with van der Waals surface area (Å²) in [6, 6.07) is 7.97. The summed E-state index contributed by atoms with van der Waals surface area (Å²) in [5.41, 5.74) is 0.391. The van der Waals surface area contributed by atoms with Crippen LogP contribution in [0, 0.1) is 10.1 Å². The van der Waals surface area contributed by atoms with Crippen molar-refractivity contribution in [1.29, 1.82) is 0 Å². The van der Waals surface area contributed by atoms with Crippen molar-refractivity contribution in [1.82, 2.24) is 4.98 Å². The van der Waals surface area contributed by atoms with E-state index in [-0.39, 0.29) is 17.1 Å². The summed E-state index contributed by atoms with van der Waals surface area (Å²) in [5.74, 6) is -2.64. The van der Waals surface area contributed by atoms with Gasteiger partial charge in [0.05, 0.1) is 5.56 Å². The van der Waals surface area contributed by atoms with E-state index in [4.69, 9.17) is 9.84 Å². The zero-order valence-electron chi connectivity index (χ0n) is 15.2. The normalized spacial score (nSPS) is 15.3. The fourth-order valence-corrected chi connectivity index (χ4v) is 2.75. The van der Waals surface area contributed by atoms with E-state index < -0.39 is 41.2 Å². The van der Waals surface area contributed by atoms with Crippen LogP contribution in [0.25, 0.3) is 0 Å². The van der Waals surface area contributed by atoms with Gasteiger partial charge in [-0.15, -0.1) is 0 Å². The minimum atomic E-state index is -1.10. The number of hydrogen-bond acceptors (Lipinski definition) is 7. The SMILES string of the molecule is CCC1Oc2ccc([N+](=O)[O-])nc2N(CC(=O)Nc2ccc(C(=O)O)cc2)C1=O. The van der Waals surface area contributed by atoms with Crippen molar-refractivity contribution in [2.75, 3.05) is 16.8 Å². The zero-order chi connectivity index (χ0) is 21.1. The third kappa shape index (κ3) is 4.13. The molecule has 3 rings (SSSR count). The van der Waals surface area contributed by atoms with Gasteiger partial charge < -0.3 is 25.3 Å². The van der Waals surface area contributed by atoms with Crippen LogP contribution in [0.15, 0.2) is 36.4 Å². The fourth-order valence-electron chi connectivity index (χ4n) is 2.75. The Bertz CT molecular complexity index is 990. The van der Waals surface area contributed by atoms with Crippen molar-refractivity contribution in [2.24, 2.45) is 0 Å². The van der Waals surface area contributed by atoms with Crippen LogP contribution in [0.1, 0.15) is 23.7 Å². The predicted octanol–water partition coefficient (Wildman–Crippen LogP) is 1.83. The van der Waals surface area contributed by atoms with Crippen LogP contribution in [-0.4, -0.2) is 45.4 Å². The number of amides is 2. The number of aromatic carboxylic acids is 1. The van der Waals surface area contributed by atoms with E-state index in [1.54, 1.807) is 6.92 Å². The van der Waals surface area contributed by atoms with Crippen molar-refractivity contribution in [3.8, 4) is 5.75 Å². The van der Waals surface area contributed by atoms with Crippen LogP contribution < -0.4 is 15.0 Å². The molecule has 2 aromatic rings. The lowest BCUT2D eigenvalue weighted by atomic mass is 10.2. The first kappa shape index (κ1) is 19.7. The standard InChI is InChI=1S/C18H16N4O7/c1-2-12-17(24)21(16-13(29-12)7-8-14(20-16)22(27)28)9-15(23)19-11-5-3-10(4-6-11)18(25)26/h3-8,12H,2,9H2,1H3,(H,19,23)(H,25,26). The third-order valence-corrected chi connectivity index (χ3v) is 4.17. The van der Waals surface area contributed by atoms with Gasteiger partial charge in [0.25, 0.3) is 11.7 Å². The van der Waals surface area contributed by atoms with Crippen LogP contribution in [0.2, 0.25) is 0 Å². The predicted molar refractivity (Wildman–Crippen MR) is 100.0 cm³/mol. The summed E-state index contributed by atoms with van der Waals surface area (Å²) in [4.78, 5) is 51.2. The summed E-state index contributed by atoms with van der Waals surface area (Å²) in [6.45, 7) is 1.29. The molecule has 0 saturated carbocycles. The number of rotatable bonds is 6. The molecule has 2 N–H and O–H groups in total. The minimum Gasteiger partial charge on any atom is -0.478 e. The first-order valence-corrected chi connectivity index (χ1v) is 8.56. The highest BCUT2D eigenvalue weighted by Crippen LogP contribution is 2.34. The van der Waals surface area contributed by atoms with E-state index in [9.17, 15) is 24.5 Å². The first-order valence-electron chi connectivity index (χ1n) is 8.56. The molecule has 1 unspecified atom stereocenters. The highest BCUT2D eigenvalue weighted by molar-refractivity contribution is 6.05. The summed E-state index contributed by atoms with van der Waals surface area (Å²) >= 11 is 0. The molecule has 0 spiro atoms. The van der Waals surface area contributed by atoms with Gasteiger partial charge in [-0.3, -0.25) is 14.5 Å². The van der Waals surface area contributed by atoms with Gasteiger partial charge >= 0.3 is 11.8 Å². The van der Waals surface area contributed by atoms with E-state index in [2.05, 4.69) is 10.3 Å². The molecular formula is C18H16N4O7. The number of hydrogen-bond donors (Lipinski definition) is 2. The number of nitrogens with one attached hydrogen (secondary N) is 1. The molecule has 150 valence electrons. The second-order valence-electron chi connectivity index (χ2n) is 6.12. The Morgan fingerprint density at radius 3 is 2.55 bits per heavy atom. The first-order chi connectivity index (χ1) is 13.8. The van der Waals surface area contributed by atoms with E-state index >= 15 is 0 Å². The zero-order valence-corrected chi connectivity index (χ0v) is 15.2. The molecule has 1 aliphatic rings. The number of nitro groups is 1. The average Bonchev–Trinajstić information content (AvgIpc) is 2.69. The molecule has 0 fully saturated rings. The highest BCUT2D eigenvalue weighted by atomic mass is 16.6. The lowest BCUT2D eigenvalue weighted by molar-refractivity contribution is -0.389. The number of carbonyl (C=O) groups excluding carboxylic acids is 2. The number of nitrogens with zero attached hydrogens (tertiary/aromatic N) is 3. The van der Waals surface area contributed by atoms with E-state index in [1.807, 2.05) is 0 Å². The third-order valence-electron chi connectivity index (χ3n) is 4.17. The Morgan fingerprint density at radius 2 is 1.97 bits per heavy atom. The Morgan fingerprint density at radius 1 is 1.28 bits per heavy atom. The second kappa shape index (κ2) is 7.92. The van der Waals surface area contributed by atoms with Gasteiger partial charge in [0.2, 0.25) is 5.91 Å². The lowest BCUT2D eigenvalue weighted by Gasteiger charge is -2.30. The summed E-state index contributed by atoms with van der Waals surface area (Å²) in [5, 5.41) is 22.5. The van der Waals surface area contributed by atoms with Crippen molar-refractivity contribution >= 4 is 35.1 Å². The molecule has 0 saturated heterocycles. The van der Waals surface area contributed by atoms with Gasteiger partial charge in [-0.25, -0.2) is 4.79 Å². The van der Waals surface area contributed by atoms with Crippen LogP contribution in [0.4, 0.5) is 17.3 Å². The number of carboxylic acid groups (broad SMARTS) is 1. The van der Waals surface area contributed by atoms with E-state index in [0.717, 1.165) is 11.0 Å². The molecule has 11 nitrogen and oxygen atoms in total. The van der Waals surface area contributed by atoms with Crippen molar-refractivity contribution in [3.05, 3.63) is 52.1 Å². The van der Waals surface area contributed by atoms with Crippen molar-refractivity contribution < 1.29 is 29.2 Å². The Balaban J connectivity index is 1.83. The monoisotopic (exact) mass is 400 g/mol. The lowest BCUT2D eigenvalue weighted by Crippen LogP contribution is -2.49. The molecule has 11 heteroatoms. The second-order valence-corrected chi connectivity index (χ2v) is 6.12. The Kier molecular flexibility index (Phi) is 5.39. The molecule has 1 aliphatic heterocycles. The molecular weight excluding hydrogens is 384 g/mol. The molecule has 1 atom stereocenters. The van der Waals surface area contributed by atoms with E-state index in [0.29, 0.717) is 12.1 Å². The molecule has 1 aromatic carbocycles.